The summed E-state index contributed by atoms with van der Waals surface area (Å²) in [5.74, 6) is 0.867. The Hall–Kier alpha value is -0.330. The largest absolute Gasteiger partial charge is 0.291 e. The first kappa shape index (κ1) is 17.7. The van der Waals surface area contributed by atoms with Crippen LogP contribution in [0.5, 0.6) is 0 Å². The van der Waals surface area contributed by atoms with Crippen LogP contribution in [0.25, 0.3) is 0 Å². The highest BCUT2D eigenvalue weighted by Gasteiger charge is 2.08. The monoisotopic (exact) mass is 253 g/mol. The van der Waals surface area contributed by atoms with Crippen molar-refractivity contribution >= 4 is 6.29 Å². The molecule has 1 unspecified atom stereocenters. The second-order valence-electron chi connectivity index (χ2n) is 5.60. The summed E-state index contributed by atoms with van der Waals surface area (Å²) in [5, 5.41) is 0. The van der Waals surface area contributed by atoms with E-state index in [-0.39, 0.29) is 0 Å². The minimum absolute atomic E-state index is 0.639. The van der Waals surface area contributed by atoms with Crippen LogP contribution < -0.4 is 0 Å². The smallest absolute Gasteiger partial charge is 0.198 e. The van der Waals surface area contributed by atoms with Gasteiger partial charge in [-0.2, -0.15) is 0 Å². The van der Waals surface area contributed by atoms with E-state index in [0.717, 1.165) is 12.3 Å². The standard InChI is InChI=1S/C17H33O/c1-3-5-7-8-10-14-17(13-9-6-4-2)15-11-12-16-18/h17H,3-15H2,1-2H3. The highest BCUT2D eigenvalue weighted by molar-refractivity contribution is 5.50. The van der Waals surface area contributed by atoms with Crippen molar-refractivity contribution in [3.05, 3.63) is 0 Å². The van der Waals surface area contributed by atoms with E-state index in [4.69, 9.17) is 0 Å². The fraction of sp³-hybridized carbons (Fsp3) is 0.941. The van der Waals surface area contributed by atoms with Gasteiger partial charge in [0.15, 0.2) is 6.29 Å². The van der Waals surface area contributed by atoms with Crippen molar-refractivity contribution in [2.24, 2.45) is 5.92 Å². The predicted octanol–water partition coefficient (Wildman–Crippen LogP) is 5.82. The van der Waals surface area contributed by atoms with Gasteiger partial charge in [0.2, 0.25) is 0 Å². The van der Waals surface area contributed by atoms with Gasteiger partial charge in [0, 0.05) is 6.42 Å². The molecule has 0 aromatic rings. The molecular weight excluding hydrogens is 220 g/mol. The van der Waals surface area contributed by atoms with Crippen LogP contribution >= 0.6 is 0 Å². The Morgan fingerprint density at radius 2 is 1.22 bits per heavy atom. The summed E-state index contributed by atoms with van der Waals surface area (Å²) in [4.78, 5) is 10.3. The number of rotatable bonds is 14. The van der Waals surface area contributed by atoms with Gasteiger partial charge in [-0.3, -0.25) is 4.79 Å². The topological polar surface area (TPSA) is 17.1 Å². The average molecular weight is 253 g/mol. The molecule has 0 rings (SSSR count). The molecular formula is C17H33O. The molecule has 1 heteroatoms. The maximum atomic E-state index is 10.3. The Morgan fingerprint density at radius 1 is 0.722 bits per heavy atom. The van der Waals surface area contributed by atoms with Crippen molar-refractivity contribution in [1.29, 1.82) is 0 Å². The molecule has 0 aliphatic heterocycles. The minimum Gasteiger partial charge on any atom is -0.291 e. The van der Waals surface area contributed by atoms with Crippen molar-refractivity contribution < 1.29 is 4.79 Å². The molecule has 0 amide bonds. The second kappa shape index (κ2) is 14.7. The lowest BCUT2D eigenvalue weighted by Gasteiger charge is -2.16. The summed E-state index contributed by atoms with van der Waals surface area (Å²) in [6.45, 7) is 4.53. The van der Waals surface area contributed by atoms with E-state index in [1.165, 1.54) is 70.6 Å². The Morgan fingerprint density at radius 3 is 1.83 bits per heavy atom. The Balaban J connectivity index is 3.62. The summed E-state index contributed by atoms with van der Waals surface area (Å²) in [6.07, 6.45) is 18.7. The van der Waals surface area contributed by atoms with Crippen LogP contribution in [0.4, 0.5) is 0 Å². The number of hydrogen-bond acceptors (Lipinski definition) is 1. The Labute approximate surface area is 115 Å². The molecule has 0 spiro atoms. The van der Waals surface area contributed by atoms with Crippen LogP contribution in [0.2, 0.25) is 0 Å². The third-order valence-corrected chi connectivity index (χ3v) is 3.82. The summed E-state index contributed by atoms with van der Waals surface area (Å²) in [6, 6.07) is 0. The molecule has 0 saturated heterocycles. The number of carbonyl (C=O) groups excluding carboxylic acids is 1. The van der Waals surface area contributed by atoms with Crippen LogP contribution in [0, 0.1) is 5.92 Å². The van der Waals surface area contributed by atoms with Gasteiger partial charge >= 0.3 is 0 Å². The van der Waals surface area contributed by atoms with Crippen LogP contribution in [0.1, 0.15) is 97.3 Å². The van der Waals surface area contributed by atoms with Gasteiger partial charge in [-0.1, -0.05) is 84.5 Å². The summed E-state index contributed by atoms with van der Waals surface area (Å²) >= 11 is 0. The van der Waals surface area contributed by atoms with E-state index in [1.54, 1.807) is 0 Å². The van der Waals surface area contributed by atoms with Crippen LogP contribution in [0.3, 0.4) is 0 Å². The van der Waals surface area contributed by atoms with Gasteiger partial charge in [-0.05, 0) is 12.3 Å². The zero-order chi connectivity index (χ0) is 13.5. The Kier molecular flexibility index (Phi) is 14.5. The third kappa shape index (κ3) is 12.1. The molecule has 1 radical (unpaired) electrons. The molecule has 0 N–H and O–H groups in total. The fourth-order valence-corrected chi connectivity index (χ4v) is 2.62. The number of hydrogen-bond donors (Lipinski definition) is 0. The second-order valence-corrected chi connectivity index (χ2v) is 5.60. The van der Waals surface area contributed by atoms with Gasteiger partial charge in [0.25, 0.3) is 0 Å². The molecule has 0 saturated carbocycles. The van der Waals surface area contributed by atoms with Gasteiger partial charge in [0.05, 0.1) is 0 Å². The Bertz CT molecular complexity index is 165. The SMILES string of the molecule is CCCCCCCC(CCC[C]=O)CCCCC. The molecule has 0 heterocycles. The summed E-state index contributed by atoms with van der Waals surface area (Å²) in [5.41, 5.74) is 0. The van der Waals surface area contributed by atoms with E-state index in [9.17, 15) is 4.79 Å². The lowest BCUT2D eigenvalue weighted by atomic mass is 9.90. The van der Waals surface area contributed by atoms with Crippen molar-refractivity contribution in [2.75, 3.05) is 0 Å². The molecule has 0 aliphatic carbocycles. The average Bonchev–Trinajstić information content (AvgIpc) is 2.38. The first-order valence-corrected chi connectivity index (χ1v) is 8.20. The van der Waals surface area contributed by atoms with Gasteiger partial charge in [-0.25, -0.2) is 0 Å². The zero-order valence-electron chi connectivity index (χ0n) is 12.7. The first-order valence-electron chi connectivity index (χ1n) is 8.20. The molecule has 0 fully saturated rings. The molecule has 0 aromatic heterocycles. The van der Waals surface area contributed by atoms with Crippen LogP contribution in [0.15, 0.2) is 0 Å². The highest BCUT2D eigenvalue weighted by atomic mass is 16.1. The lowest BCUT2D eigenvalue weighted by Crippen LogP contribution is -2.01. The molecule has 1 atom stereocenters. The van der Waals surface area contributed by atoms with E-state index in [1.807, 2.05) is 6.29 Å². The van der Waals surface area contributed by atoms with E-state index < -0.39 is 0 Å². The fourth-order valence-electron chi connectivity index (χ4n) is 2.62. The molecule has 1 nitrogen and oxygen atoms in total. The molecule has 0 bridgehead atoms. The minimum atomic E-state index is 0.639. The van der Waals surface area contributed by atoms with Crippen LogP contribution in [-0.2, 0) is 4.79 Å². The van der Waals surface area contributed by atoms with Crippen molar-refractivity contribution in [3.63, 3.8) is 0 Å². The highest BCUT2D eigenvalue weighted by Crippen LogP contribution is 2.23. The van der Waals surface area contributed by atoms with E-state index in [2.05, 4.69) is 13.8 Å². The lowest BCUT2D eigenvalue weighted by molar-refractivity contribution is 0.376. The molecule has 0 aliphatic rings. The summed E-state index contributed by atoms with van der Waals surface area (Å²) < 4.78 is 0. The molecule has 107 valence electrons. The van der Waals surface area contributed by atoms with Gasteiger partial charge < -0.3 is 0 Å². The maximum Gasteiger partial charge on any atom is 0.198 e. The van der Waals surface area contributed by atoms with Crippen molar-refractivity contribution in [1.82, 2.24) is 0 Å². The molecule has 18 heavy (non-hydrogen) atoms. The van der Waals surface area contributed by atoms with Crippen molar-refractivity contribution in [2.45, 2.75) is 97.3 Å². The molecule has 0 aromatic carbocycles. The van der Waals surface area contributed by atoms with Gasteiger partial charge in [-0.15, -0.1) is 0 Å². The number of unbranched alkanes of at least 4 members (excludes halogenated alkanes) is 7. The normalized spacial score (nSPS) is 12.6. The van der Waals surface area contributed by atoms with E-state index in [0.29, 0.717) is 6.42 Å². The third-order valence-electron chi connectivity index (χ3n) is 3.82. The first-order chi connectivity index (χ1) is 8.85. The zero-order valence-corrected chi connectivity index (χ0v) is 12.7. The van der Waals surface area contributed by atoms with E-state index >= 15 is 0 Å². The predicted molar refractivity (Wildman–Crippen MR) is 80.6 cm³/mol. The van der Waals surface area contributed by atoms with Gasteiger partial charge in [0.1, 0.15) is 0 Å². The quantitative estimate of drug-likeness (QED) is 0.356. The van der Waals surface area contributed by atoms with Crippen molar-refractivity contribution in [3.8, 4) is 0 Å². The van der Waals surface area contributed by atoms with Crippen LogP contribution in [-0.4, -0.2) is 6.29 Å². The summed E-state index contributed by atoms with van der Waals surface area (Å²) in [7, 11) is 0. The maximum absolute atomic E-state index is 10.3.